The summed E-state index contributed by atoms with van der Waals surface area (Å²) in [6, 6.07) is 24.3. The molecule has 3 aromatic rings. The molecule has 3 nitrogen and oxygen atoms in total. The molecule has 0 spiro atoms. The second-order valence-corrected chi connectivity index (χ2v) is 7.75. The summed E-state index contributed by atoms with van der Waals surface area (Å²) in [5.74, 6) is 0.643. The second kappa shape index (κ2) is 8.95. The van der Waals surface area contributed by atoms with Gasteiger partial charge in [-0.1, -0.05) is 66.2 Å². The first-order valence-corrected chi connectivity index (χ1v) is 10.3. The van der Waals surface area contributed by atoms with Crippen molar-refractivity contribution in [3.05, 3.63) is 101 Å². The fourth-order valence-corrected chi connectivity index (χ4v) is 3.91. The molecule has 29 heavy (non-hydrogen) atoms. The molecular weight excluding hydrogens is 358 g/mol. The first-order valence-electron chi connectivity index (χ1n) is 10.3. The van der Waals surface area contributed by atoms with E-state index in [9.17, 15) is 4.79 Å². The van der Waals surface area contributed by atoms with E-state index in [0.717, 1.165) is 29.7 Å². The summed E-state index contributed by atoms with van der Waals surface area (Å²) in [7, 11) is 0. The molecule has 0 radical (unpaired) electrons. The van der Waals surface area contributed by atoms with Crippen molar-refractivity contribution in [3.63, 3.8) is 0 Å². The van der Waals surface area contributed by atoms with Crippen LogP contribution in [0.5, 0.6) is 5.75 Å². The molecule has 0 saturated heterocycles. The molecule has 148 valence electrons. The molecule has 1 amide bonds. The van der Waals surface area contributed by atoms with E-state index in [4.69, 9.17) is 4.74 Å². The average molecular weight is 386 g/mol. The van der Waals surface area contributed by atoms with Crippen molar-refractivity contribution in [1.82, 2.24) is 5.32 Å². The molecule has 3 heteroatoms. The zero-order valence-electron chi connectivity index (χ0n) is 16.9. The van der Waals surface area contributed by atoms with Crippen molar-refractivity contribution in [2.45, 2.75) is 38.6 Å². The van der Waals surface area contributed by atoms with Gasteiger partial charge in [0.1, 0.15) is 5.75 Å². The number of nitrogens with one attached hydrogen (secondary N) is 1. The molecule has 3 aromatic carbocycles. The Morgan fingerprint density at radius 3 is 2.34 bits per heavy atom. The summed E-state index contributed by atoms with van der Waals surface area (Å²) in [5.41, 5.74) is 6.08. The molecule has 0 saturated carbocycles. The largest absolute Gasteiger partial charge is 0.484 e. The topological polar surface area (TPSA) is 38.3 Å². The Balaban J connectivity index is 1.45. The van der Waals surface area contributed by atoms with Gasteiger partial charge in [-0.05, 0) is 67.0 Å². The molecular formula is C26H27NO2. The Morgan fingerprint density at radius 2 is 1.59 bits per heavy atom. The third-order valence-corrected chi connectivity index (χ3v) is 5.54. The highest BCUT2D eigenvalue weighted by Crippen LogP contribution is 2.26. The lowest BCUT2D eigenvalue weighted by Crippen LogP contribution is -2.33. The van der Waals surface area contributed by atoms with Gasteiger partial charge < -0.3 is 10.1 Å². The van der Waals surface area contributed by atoms with Gasteiger partial charge in [0.05, 0.1) is 6.04 Å². The van der Waals surface area contributed by atoms with Crippen LogP contribution in [0.15, 0.2) is 72.8 Å². The highest BCUT2D eigenvalue weighted by Gasteiger charge is 2.17. The maximum Gasteiger partial charge on any atom is 0.258 e. The Bertz CT molecular complexity index is 964. The van der Waals surface area contributed by atoms with Gasteiger partial charge in [0.15, 0.2) is 6.61 Å². The van der Waals surface area contributed by atoms with Crippen LogP contribution in [0.4, 0.5) is 0 Å². The lowest BCUT2D eigenvalue weighted by Gasteiger charge is -2.21. The number of carbonyl (C=O) groups is 1. The van der Waals surface area contributed by atoms with E-state index in [0.29, 0.717) is 0 Å². The predicted molar refractivity (Wildman–Crippen MR) is 116 cm³/mol. The van der Waals surface area contributed by atoms with Crippen LogP contribution < -0.4 is 10.1 Å². The first kappa shape index (κ1) is 19.3. The second-order valence-electron chi connectivity index (χ2n) is 7.75. The van der Waals surface area contributed by atoms with Crippen LogP contribution in [0.3, 0.4) is 0 Å². The van der Waals surface area contributed by atoms with Crippen molar-refractivity contribution >= 4 is 5.91 Å². The number of benzene rings is 3. The van der Waals surface area contributed by atoms with Crippen molar-refractivity contribution < 1.29 is 9.53 Å². The fraction of sp³-hybridized carbons (Fsp3) is 0.269. The summed E-state index contributed by atoms with van der Waals surface area (Å²) in [6.07, 6.45) is 4.73. The van der Waals surface area contributed by atoms with E-state index in [1.165, 1.54) is 29.5 Å². The third kappa shape index (κ3) is 4.86. The smallest absolute Gasteiger partial charge is 0.258 e. The summed E-state index contributed by atoms with van der Waals surface area (Å²) < 4.78 is 5.81. The molecule has 1 atom stereocenters. The van der Waals surface area contributed by atoms with Crippen LogP contribution in [0.25, 0.3) is 0 Å². The van der Waals surface area contributed by atoms with Crippen LogP contribution in [-0.4, -0.2) is 12.5 Å². The molecule has 1 aliphatic carbocycles. The van der Waals surface area contributed by atoms with Crippen LogP contribution in [-0.2, 0) is 17.6 Å². The number of aryl methyl sites for hydroxylation is 3. The van der Waals surface area contributed by atoms with Gasteiger partial charge in [-0.25, -0.2) is 0 Å². The van der Waals surface area contributed by atoms with Crippen molar-refractivity contribution in [2.75, 3.05) is 6.61 Å². The zero-order valence-corrected chi connectivity index (χ0v) is 16.9. The first-order chi connectivity index (χ1) is 14.2. The van der Waals surface area contributed by atoms with E-state index in [-0.39, 0.29) is 18.6 Å². The normalized spacial score (nSPS) is 14.0. The van der Waals surface area contributed by atoms with Crippen LogP contribution >= 0.6 is 0 Å². The molecule has 0 unspecified atom stereocenters. The number of amides is 1. The monoisotopic (exact) mass is 385 g/mol. The number of hydrogen-bond donors (Lipinski definition) is 1. The SMILES string of the molecule is Cc1ccc([C@@H](NC(=O)COc2ccc3c(c2)CCCC3)c2ccccc2)cc1. The van der Waals surface area contributed by atoms with Gasteiger partial charge >= 0.3 is 0 Å². The molecule has 0 aliphatic heterocycles. The highest BCUT2D eigenvalue weighted by atomic mass is 16.5. The quantitative estimate of drug-likeness (QED) is 0.637. The molecule has 0 fully saturated rings. The van der Waals surface area contributed by atoms with Crippen LogP contribution in [0.2, 0.25) is 0 Å². The molecule has 0 heterocycles. The summed E-state index contributed by atoms with van der Waals surface area (Å²) >= 11 is 0. The van der Waals surface area contributed by atoms with Crippen LogP contribution in [0, 0.1) is 6.92 Å². The van der Waals surface area contributed by atoms with Gasteiger partial charge in [0.25, 0.3) is 5.91 Å². The number of fused-ring (bicyclic) bond motifs is 1. The summed E-state index contributed by atoms with van der Waals surface area (Å²) in [6.45, 7) is 2.07. The van der Waals surface area contributed by atoms with E-state index < -0.39 is 0 Å². The predicted octanol–water partition coefficient (Wildman–Crippen LogP) is 5.16. The minimum Gasteiger partial charge on any atom is -0.484 e. The van der Waals surface area contributed by atoms with Crippen LogP contribution in [0.1, 0.15) is 46.7 Å². The van der Waals surface area contributed by atoms with Crippen molar-refractivity contribution in [1.29, 1.82) is 0 Å². The molecule has 1 N–H and O–H groups in total. The molecule has 1 aliphatic rings. The summed E-state index contributed by atoms with van der Waals surface area (Å²) in [5, 5.41) is 3.14. The number of hydrogen-bond acceptors (Lipinski definition) is 2. The molecule has 0 aromatic heterocycles. The molecule has 0 bridgehead atoms. The lowest BCUT2D eigenvalue weighted by atomic mass is 9.92. The minimum absolute atomic E-state index is 0.00792. The third-order valence-electron chi connectivity index (χ3n) is 5.54. The maximum atomic E-state index is 12.7. The number of carbonyl (C=O) groups excluding carboxylic acids is 1. The number of rotatable bonds is 6. The maximum absolute atomic E-state index is 12.7. The Morgan fingerprint density at radius 1 is 0.897 bits per heavy atom. The van der Waals surface area contributed by atoms with E-state index >= 15 is 0 Å². The van der Waals surface area contributed by atoms with Gasteiger partial charge in [-0.2, -0.15) is 0 Å². The van der Waals surface area contributed by atoms with Crippen molar-refractivity contribution in [3.8, 4) is 5.75 Å². The average Bonchev–Trinajstić information content (AvgIpc) is 2.77. The summed E-state index contributed by atoms with van der Waals surface area (Å²) in [4.78, 5) is 12.7. The van der Waals surface area contributed by atoms with E-state index in [1.807, 2.05) is 36.4 Å². The van der Waals surface area contributed by atoms with Crippen molar-refractivity contribution in [2.24, 2.45) is 0 Å². The Kier molecular flexibility index (Phi) is 5.95. The number of ether oxygens (including phenoxy) is 1. The van der Waals surface area contributed by atoms with E-state index in [1.54, 1.807) is 0 Å². The lowest BCUT2D eigenvalue weighted by molar-refractivity contribution is -0.123. The van der Waals surface area contributed by atoms with Gasteiger partial charge in [-0.3, -0.25) is 4.79 Å². The zero-order chi connectivity index (χ0) is 20.1. The highest BCUT2D eigenvalue weighted by molar-refractivity contribution is 5.78. The standard InChI is InChI=1S/C26H27NO2/c1-19-11-13-22(14-12-19)26(21-8-3-2-4-9-21)27-25(28)18-29-24-16-15-20-7-5-6-10-23(20)17-24/h2-4,8-9,11-17,26H,5-7,10,18H2,1H3,(H,27,28)/t26-/m0/s1. The molecule has 4 rings (SSSR count). The van der Waals surface area contributed by atoms with Gasteiger partial charge in [0, 0.05) is 0 Å². The Hall–Kier alpha value is -3.07. The van der Waals surface area contributed by atoms with Gasteiger partial charge in [0.2, 0.25) is 0 Å². The van der Waals surface area contributed by atoms with Gasteiger partial charge in [-0.15, -0.1) is 0 Å². The Labute approximate surface area is 172 Å². The minimum atomic E-state index is -0.198. The van der Waals surface area contributed by atoms with E-state index in [2.05, 4.69) is 48.6 Å². The fourth-order valence-electron chi connectivity index (χ4n) is 3.91.